The molecule has 5 nitrogen and oxygen atoms in total. The minimum absolute atomic E-state index is 0.124. The lowest BCUT2D eigenvalue weighted by molar-refractivity contribution is 0.415. The van der Waals surface area contributed by atoms with E-state index in [0.717, 1.165) is 22.6 Å². The molecule has 0 saturated carbocycles. The van der Waals surface area contributed by atoms with Crippen LogP contribution in [0.5, 0.6) is 5.75 Å². The van der Waals surface area contributed by atoms with Crippen LogP contribution in [-0.4, -0.2) is 22.7 Å². The fraction of sp³-hybridized carbons (Fsp3) is 0.158. The molecule has 3 aromatic rings. The van der Waals surface area contributed by atoms with Gasteiger partial charge in [-0.25, -0.2) is 4.99 Å². The summed E-state index contributed by atoms with van der Waals surface area (Å²) < 4.78 is 8.52. The van der Waals surface area contributed by atoms with E-state index < -0.39 is 0 Å². The van der Waals surface area contributed by atoms with Gasteiger partial charge in [-0.15, -0.1) is 0 Å². The summed E-state index contributed by atoms with van der Waals surface area (Å²) in [6, 6.07) is 17.3. The van der Waals surface area contributed by atoms with Gasteiger partial charge in [0.2, 0.25) is 0 Å². The number of rotatable bonds is 4. The fourth-order valence-electron chi connectivity index (χ4n) is 2.56. The summed E-state index contributed by atoms with van der Waals surface area (Å²) in [5, 5.41) is 0. The first kappa shape index (κ1) is 15.8. The number of aromatic nitrogens is 2. The Kier molecular flexibility index (Phi) is 4.33. The molecule has 0 radical (unpaired) electrons. The van der Waals surface area contributed by atoms with Gasteiger partial charge in [0.15, 0.2) is 5.69 Å². The minimum Gasteiger partial charge on any atom is -0.497 e. The molecule has 5 heteroatoms. The number of nitrogens with zero attached hydrogens (tertiary/aromatic N) is 3. The SMILES string of the molecule is COc1ccc(C=Nc2c(-c3ccccc3)n(C)n(C)c2=O)cc1. The standard InChI is InChI=1S/C19H19N3O2/c1-21-18(15-7-5-4-6-8-15)17(19(23)22(21)2)20-13-14-9-11-16(24-3)12-10-14/h4-13H,1-3H3. The number of ether oxygens (including phenoxy) is 1. The van der Waals surface area contributed by atoms with Crippen LogP contribution >= 0.6 is 0 Å². The molecule has 122 valence electrons. The highest BCUT2D eigenvalue weighted by Crippen LogP contribution is 2.27. The summed E-state index contributed by atoms with van der Waals surface area (Å²) in [5.74, 6) is 0.785. The minimum atomic E-state index is -0.124. The average molecular weight is 321 g/mol. The molecule has 0 unspecified atom stereocenters. The van der Waals surface area contributed by atoms with Crippen LogP contribution < -0.4 is 10.3 Å². The van der Waals surface area contributed by atoms with Crippen LogP contribution in [0.4, 0.5) is 5.69 Å². The van der Waals surface area contributed by atoms with Crippen molar-refractivity contribution < 1.29 is 4.74 Å². The highest BCUT2D eigenvalue weighted by Gasteiger charge is 2.16. The average Bonchev–Trinajstić information content (AvgIpc) is 2.85. The van der Waals surface area contributed by atoms with Crippen molar-refractivity contribution in [1.29, 1.82) is 0 Å². The Morgan fingerprint density at radius 3 is 2.25 bits per heavy atom. The van der Waals surface area contributed by atoms with Gasteiger partial charge in [-0.2, -0.15) is 0 Å². The van der Waals surface area contributed by atoms with Crippen LogP contribution in [-0.2, 0) is 14.1 Å². The highest BCUT2D eigenvalue weighted by molar-refractivity contribution is 5.85. The fourth-order valence-corrected chi connectivity index (χ4v) is 2.56. The zero-order valence-corrected chi connectivity index (χ0v) is 13.9. The summed E-state index contributed by atoms with van der Waals surface area (Å²) in [7, 11) is 5.22. The number of benzene rings is 2. The maximum absolute atomic E-state index is 12.5. The first-order valence-electron chi connectivity index (χ1n) is 7.61. The van der Waals surface area contributed by atoms with Gasteiger partial charge in [-0.1, -0.05) is 30.3 Å². The Morgan fingerprint density at radius 1 is 0.958 bits per heavy atom. The lowest BCUT2D eigenvalue weighted by atomic mass is 10.1. The van der Waals surface area contributed by atoms with Gasteiger partial charge in [-0.05, 0) is 29.8 Å². The van der Waals surface area contributed by atoms with Gasteiger partial charge in [-0.3, -0.25) is 14.2 Å². The maximum atomic E-state index is 12.5. The van der Waals surface area contributed by atoms with Gasteiger partial charge < -0.3 is 4.74 Å². The molecular weight excluding hydrogens is 302 g/mol. The predicted molar refractivity (Wildman–Crippen MR) is 96.3 cm³/mol. The van der Waals surface area contributed by atoms with E-state index in [9.17, 15) is 4.79 Å². The molecule has 0 N–H and O–H groups in total. The van der Waals surface area contributed by atoms with Gasteiger partial charge in [0.1, 0.15) is 5.75 Å². The van der Waals surface area contributed by atoms with E-state index in [1.807, 2.05) is 66.3 Å². The number of aliphatic imine (C=N–C) groups is 1. The van der Waals surface area contributed by atoms with Crippen LogP contribution in [0.2, 0.25) is 0 Å². The molecule has 0 amide bonds. The maximum Gasteiger partial charge on any atom is 0.292 e. The normalized spacial score (nSPS) is 11.1. The van der Waals surface area contributed by atoms with Crippen molar-refractivity contribution in [2.75, 3.05) is 7.11 Å². The Bertz CT molecular complexity index is 920. The van der Waals surface area contributed by atoms with Crippen LogP contribution in [0.25, 0.3) is 11.3 Å². The third-order valence-electron chi connectivity index (χ3n) is 4.00. The molecular formula is C19H19N3O2. The van der Waals surface area contributed by atoms with Crippen molar-refractivity contribution in [3.8, 4) is 17.0 Å². The monoisotopic (exact) mass is 321 g/mol. The Hall–Kier alpha value is -3.08. The molecule has 0 aliphatic carbocycles. The van der Waals surface area contributed by atoms with Crippen molar-refractivity contribution in [1.82, 2.24) is 9.36 Å². The molecule has 0 atom stereocenters. The second-order valence-electron chi connectivity index (χ2n) is 5.45. The first-order chi connectivity index (χ1) is 11.6. The summed E-state index contributed by atoms with van der Waals surface area (Å²) in [5.41, 5.74) is 2.97. The van der Waals surface area contributed by atoms with E-state index >= 15 is 0 Å². The first-order valence-corrected chi connectivity index (χ1v) is 7.61. The van der Waals surface area contributed by atoms with Crippen LogP contribution in [0.3, 0.4) is 0 Å². The van der Waals surface area contributed by atoms with E-state index in [4.69, 9.17) is 4.74 Å². The van der Waals surface area contributed by atoms with Crippen molar-refractivity contribution >= 4 is 11.9 Å². The Balaban J connectivity index is 2.05. The molecule has 0 spiro atoms. The zero-order valence-electron chi connectivity index (χ0n) is 13.9. The number of hydrogen-bond acceptors (Lipinski definition) is 3. The third-order valence-corrected chi connectivity index (χ3v) is 4.00. The summed E-state index contributed by atoms with van der Waals surface area (Å²) in [4.78, 5) is 17.0. The summed E-state index contributed by atoms with van der Waals surface area (Å²) in [6.45, 7) is 0. The molecule has 0 bridgehead atoms. The Morgan fingerprint density at radius 2 is 1.62 bits per heavy atom. The largest absolute Gasteiger partial charge is 0.497 e. The van der Waals surface area contributed by atoms with Crippen LogP contribution in [0, 0.1) is 0 Å². The topological polar surface area (TPSA) is 48.5 Å². The third kappa shape index (κ3) is 2.88. The smallest absolute Gasteiger partial charge is 0.292 e. The molecule has 0 saturated heterocycles. The lowest BCUT2D eigenvalue weighted by Gasteiger charge is -2.06. The summed E-state index contributed by atoms with van der Waals surface area (Å²) in [6.07, 6.45) is 1.70. The van der Waals surface area contributed by atoms with Crippen molar-refractivity contribution in [3.05, 3.63) is 70.5 Å². The molecule has 24 heavy (non-hydrogen) atoms. The van der Waals surface area contributed by atoms with E-state index in [2.05, 4.69) is 4.99 Å². The predicted octanol–water partition coefficient (Wildman–Crippen LogP) is 3.15. The van der Waals surface area contributed by atoms with Gasteiger partial charge in [0, 0.05) is 25.9 Å². The van der Waals surface area contributed by atoms with Crippen molar-refractivity contribution in [2.24, 2.45) is 19.1 Å². The van der Waals surface area contributed by atoms with Gasteiger partial charge in [0.05, 0.1) is 12.8 Å². The zero-order chi connectivity index (χ0) is 17.1. The molecule has 2 aromatic carbocycles. The second-order valence-corrected chi connectivity index (χ2v) is 5.45. The number of hydrogen-bond donors (Lipinski definition) is 0. The highest BCUT2D eigenvalue weighted by atomic mass is 16.5. The molecule has 0 fully saturated rings. The van der Waals surface area contributed by atoms with Crippen molar-refractivity contribution in [2.45, 2.75) is 0 Å². The van der Waals surface area contributed by atoms with E-state index in [-0.39, 0.29) is 5.56 Å². The molecule has 3 rings (SSSR count). The van der Waals surface area contributed by atoms with Crippen molar-refractivity contribution in [3.63, 3.8) is 0 Å². The van der Waals surface area contributed by atoms with Gasteiger partial charge in [0.25, 0.3) is 5.56 Å². The van der Waals surface area contributed by atoms with Gasteiger partial charge >= 0.3 is 0 Å². The second kappa shape index (κ2) is 6.58. The molecule has 1 heterocycles. The summed E-state index contributed by atoms with van der Waals surface area (Å²) >= 11 is 0. The molecule has 0 aliphatic rings. The molecule has 0 aliphatic heterocycles. The quantitative estimate of drug-likeness (QED) is 0.693. The number of methoxy groups -OCH3 is 1. The van der Waals surface area contributed by atoms with E-state index in [1.165, 1.54) is 0 Å². The van der Waals surface area contributed by atoms with E-state index in [1.54, 1.807) is 25.1 Å². The van der Waals surface area contributed by atoms with Crippen LogP contribution in [0.1, 0.15) is 5.56 Å². The molecule has 1 aromatic heterocycles. The Labute approximate surface area is 140 Å². The van der Waals surface area contributed by atoms with E-state index in [0.29, 0.717) is 5.69 Å². The van der Waals surface area contributed by atoms with Crippen LogP contribution in [0.15, 0.2) is 64.4 Å². The lowest BCUT2D eigenvalue weighted by Crippen LogP contribution is -2.16.